The predicted molar refractivity (Wildman–Crippen MR) is 76.9 cm³/mol. The molecule has 0 aromatic heterocycles. The highest BCUT2D eigenvalue weighted by Crippen LogP contribution is 2.22. The molecule has 4 heteroatoms. The fraction of sp³-hybridized carbons (Fsp3) is 0.533. The molecule has 1 aromatic carbocycles. The molecule has 1 amide bonds. The molecule has 1 atom stereocenters. The average molecular weight is 264 g/mol. The second-order valence-corrected chi connectivity index (χ2v) is 5.25. The standard InChI is InChI=1S/C15H24N2O2/c1-15(2,12-7-5-4-6-8-12)14(18)17-10-9-13(16)11-19-3/h4-8,13H,9-11,16H2,1-3H3,(H,17,18). The molecule has 1 unspecified atom stereocenters. The molecule has 0 aliphatic heterocycles. The van der Waals surface area contributed by atoms with Crippen molar-refractivity contribution in [2.24, 2.45) is 5.73 Å². The third-order valence-electron chi connectivity index (χ3n) is 3.24. The van der Waals surface area contributed by atoms with E-state index in [1.54, 1.807) is 7.11 Å². The van der Waals surface area contributed by atoms with E-state index in [1.807, 2.05) is 44.2 Å². The molecule has 3 N–H and O–H groups in total. The molecule has 19 heavy (non-hydrogen) atoms. The van der Waals surface area contributed by atoms with Crippen LogP contribution in [0.1, 0.15) is 25.8 Å². The second kappa shape index (κ2) is 7.26. The Hall–Kier alpha value is -1.39. The van der Waals surface area contributed by atoms with Crippen LogP contribution in [-0.4, -0.2) is 32.2 Å². The zero-order valence-corrected chi connectivity index (χ0v) is 12.0. The van der Waals surface area contributed by atoms with Gasteiger partial charge in [-0.25, -0.2) is 0 Å². The van der Waals surface area contributed by atoms with E-state index in [4.69, 9.17) is 10.5 Å². The minimum absolute atomic E-state index is 0.0170. The Morgan fingerprint density at radius 3 is 2.58 bits per heavy atom. The van der Waals surface area contributed by atoms with Crippen LogP contribution in [0.4, 0.5) is 0 Å². The van der Waals surface area contributed by atoms with Crippen LogP contribution < -0.4 is 11.1 Å². The number of hydrogen-bond donors (Lipinski definition) is 2. The molecule has 0 saturated heterocycles. The van der Waals surface area contributed by atoms with Gasteiger partial charge >= 0.3 is 0 Å². The minimum atomic E-state index is -0.535. The molecule has 1 aromatic rings. The van der Waals surface area contributed by atoms with E-state index < -0.39 is 5.41 Å². The van der Waals surface area contributed by atoms with Crippen molar-refractivity contribution < 1.29 is 9.53 Å². The Bertz CT molecular complexity index is 390. The SMILES string of the molecule is COCC(N)CCNC(=O)C(C)(C)c1ccccc1. The lowest BCUT2D eigenvalue weighted by Gasteiger charge is -2.24. The normalized spacial score (nSPS) is 13.1. The van der Waals surface area contributed by atoms with Gasteiger partial charge in [-0.15, -0.1) is 0 Å². The van der Waals surface area contributed by atoms with Crippen LogP contribution in [0.3, 0.4) is 0 Å². The van der Waals surface area contributed by atoms with E-state index in [0.29, 0.717) is 19.6 Å². The average Bonchev–Trinajstić information content (AvgIpc) is 2.40. The Morgan fingerprint density at radius 2 is 2.00 bits per heavy atom. The number of nitrogens with one attached hydrogen (secondary N) is 1. The number of benzene rings is 1. The van der Waals surface area contributed by atoms with Crippen molar-refractivity contribution in [1.29, 1.82) is 0 Å². The number of ether oxygens (including phenoxy) is 1. The second-order valence-electron chi connectivity index (χ2n) is 5.25. The molecule has 0 bridgehead atoms. The fourth-order valence-electron chi connectivity index (χ4n) is 1.88. The first kappa shape index (κ1) is 15.7. The summed E-state index contributed by atoms with van der Waals surface area (Å²) < 4.78 is 4.96. The van der Waals surface area contributed by atoms with Gasteiger partial charge in [-0.3, -0.25) is 4.79 Å². The van der Waals surface area contributed by atoms with E-state index in [1.165, 1.54) is 0 Å². The quantitative estimate of drug-likeness (QED) is 0.783. The number of rotatable bonds is 7. The summed E-state index contributed by atoms with van der Waals surface area (Å²) in [5, 5.41) is 2.94. The highest BCUT2D eigenvalue weighted by molar-refractivity contribution is 5.87. The lowest BCUT2D eigenvalue weighted by atomic mass is 9.84. The molecule has 0 heterocycles. The van der Waals surface area contributed by atoms with Crippen molar-refractivity contribution >= 4 is 5.91 Å². The first-order chi connectivity index (χ1) is 8.98. The van der Waals surface area contributed by atoms with Crippen LogP contribution in [0.5, 0.6) is 0 Å². The summed E-state index contributed by atoms with van der Waals surface area (Å²) in [6, 6.07) is 9.73. The van der Waals surface area contributed by atoms with Crippen LogP contribution in [-0.2, 0) is 14.9 Å². The van der Waals surface area contributed by atoms with Crippen molar-refractivity contribution in [3.05, 3.63) is 35.9 Å². The van der Waals surface area contributed by atoms with Gasteiger partial charge in [0.05, 0.1) is 12.0 Å². The van der Waals surface area contributed by atoms with Crippen LogP contribution in [0.15, 0.2) is 30.3 Å². The van der Waals surface area contributed by atoms with Crippen molar-refractivity contribution in [3.63, 3.8) is 0 Å². The highest BCUT2D eigenvalue weighted by atomic mass is 16.5. The van der Waals surface area contributed by atoms with Crippen molar-refractivity contribution in [2.75, 3.05) is 20.3 Å². The van der Waals surface area contributed by atoms with E-state index in [2.05, 4.69) is 5.32 Å². The fourth-order valence-corrected chi connectivity index (χ4v) is 1.88. The summed E-state index contributed by atoms with van der Waals surface area (Å²) >= 11 is 0. The number of carbonyl (C=O) groups excluding carboxylic acids is 1. The summed E-state index contributed by atoms with van der Waals surface area (Å²) in [6.07, 6.45) is 0.713. The maximum atomic E-state index is 12.2. The largest absolute Gasteiger partial charge is 0.383 e. The molecule has 0 aliphatic rings. The zero-order valence-electron chi connectivity index (χ0n) is 12.0. The summed E-state index contributed by atoms with van der Waals surface area (Å²) in [5.41, 5.74) is 6.29. The Kier molecular flexibility index (Phi) is 5.99. The van der Waals surface area contributed by atoms with Gasteiger partial charge in [0.2, 0.25) is 5.91 Å². The molecule has 4 nitrogen and oxygen atoms in total. The molecule has 0 aliphatic carbocycles. The van der Waals surface area contributed by atoms with Crippen molar-refractivity contribution in [1.82, 2.24) is 5.32 Å². The molecular formula is C15H24N2O2. The van der Waals surface area contributed by atoms with Crippen molar-refractivity contribution in [3.8, 4) is 0 Å². The molecule has 0 fully saturated rings. The molecular weight excluding hydrogens is 240 g/mol. The zero-order chi connectivity index (χ0) is 14.3. The molecule has 0 saturated carbocycles. The van der Waals surface area contributed by atoms with Crippen molar-refractivity contribution in [2.45, 2.75) is 31.7 Å². The number of carbonyl (C=O) groups is 1. The summed E-state index contributed by atoms with van der Waals surface area (Å²) in [4.78, 5) is 12.2. The first-order valence-electron chi connectivity index (χ1n) is 6.57. The Balaban J connectivity index is 2.49. The highest BCUT2D eigenvalue weighted by Gasteiger charge is 2.29. The number of hydrogen-bond acceptors (Lipinski definition) is 3. The van der Waals surface area contributed by atoms with Gasteiger partial charge in [-0.1, -0.05) is 30.3 Å². The van der Waals surface area contributed by atoms with Crippen LogP contribution in [0.2, 0.25) is 0 Å². The Morgan fingerprint density at radius 1 is 1.37 bits per heavy atom. The number of methoxy groups -OCH3 is 1. The first-order valence-corrected chi connectivity index (χ1v) is 6.57. The van der Waals surface area contributed by atoms with Gasteiger partial charge in [-0.2, -0.15) is 0 Å². The summed E-state index contributed by atoms with van der Waals surface area (Å²) in [6.45, 7) is 4.93. The van der Waals surface area contributed by atoms with E-state index in [-0.39, 0.29) is 11.9 Å². The van der Waals surface area contributed by atoms with Gasteiger partial charge in [-0.05, 0) is 25.8 Å². The van der Waals surface area contributed by atoms with Gasteiger partial charge in [0.25, 0.3) is 0 Å². The monoisotopic (exact) mass is 264 g/mol. The van der Waals surface area contributed by atoms with E-state index >= 15 is 0 Å². The molecule has 1 rings (SSSR count). The number of amides is 1. The molecule has 0 radical (unpaired) electrons. The lowest BCUT2D eigenvalue weighted by Crippen LogP contribution is -2.42. The van der Waals surface area contributed by atoms with E-state index in [9.17, 15) is 4.79 Å². The van der Waals surface area contributed by atoms with Gasteiger partial charge in [0.1, 0.15) is 0 Å². The smallest absolute Gasteiger partial charge is 0.230 e. The van der Waals surface area contributed by atoms with Crippen LogP contribution in [0.25, 0.3) is 0 Å². The number of nitrogens with two attached hydrogens (primary N) is 1. The molecule has 0 spiro atoms. The topological polar surface area (TPSA) is 64.3 Å². The summed E-state index contributed by atoms with van der Waals surface area (Å²) in [5.74, 6) is 0.0170. The van der Waals surface area contributed by atoms with Crippen LogP contribution >= 0.6 is 0 Å². The van der Waals surface area contributed by atoms with Gasteiger partial charge < -0.3 is 15.8 Å². The predicted octanol–water partition coefficient (Wildman–Crippen LogP) is 1.44. The maximum absolute atomic E-state index is 12.2. The maximum Gasteiger partial charge on any atom is 0.230 e. The van der Waals surface area contributed by atoms with Gasteiger partial charge in [0, 0.05) is 19.7 Å². The molecule has 106 valence electrons. The third kappa shape index (κ3) is 4.65. The Labute approximate surface area is 115 Å². The minimum Gasteiger partial charge on any atom is -0.383 e. The van der Waals surface area contributed by atoms with E-state index in [0.717, 1.165) is 5.56 Å². The van der Waals surface area contributed by atoms with Crippen LogP contribution in [0, 0.1) is 0 Å². The van der Waals surface area contributed by atoms with Gasteiger partial charge in [0.15, 0.2) is 0 Å². The third-order valence-corrected chi connectivity index (χ3v) is 3.24. The lowest BCUT2D eigenvalue weighted by molar-refractivity contribution is -0.125. The summed E-state index contributed by atoms with van der Waals surface area (Å²) in [7, 11) is 1.62.